The van der Waals surface area contributed by atoms with E-state index in [0.29, 0.717) is 0 Å². The number of nitrogens with two attached hydrogens (primary N) is 1. The molecule has 0 aromatic carbocycles. The second kappa shape index (κ2) is 4.63. The molecule has 1 aliphatic heterocycles. The molecule has 2 nitrogen and oxygen atoms in total. The largest absolute Gasteiger partial charge is 0.325 e. The average Bonchev–Trinajstić information content (AvgIpc) is 2.65. The predicted octanol–water partition coefficient (Wildman–Crippen LogP) is 2.18. The third-order valence-corrected chi connectivity index (χ3v) is 4.00. The summed E-state index contributed by atoms with van der Waals surface area (Å²) in [6, 6.07) is 0.768. The molecule has 0 spiro atoms. The molecule has 82 valence electrons. The van der Waals surface area contributed by atoms with Crippen LogP contribution < -0.4 is 11.1 Å². The van der Waals surface area contributed by atoms with Crippen LogP contribution in [-0.2, 0) is 0 Å². The first-order valence-corrected chi connectivity index (χ1v) is 6.31. The molecule has 1 saturated carbocycles. The van der Waals surface area contributed by atoms with E-state index in [1.165, 1.54) is 64.3 Å². The molecule has 1 saturated heterocycles. The zero-order valence-electron chi connectivity index (χ0n) is 9.23. The van der Waals surface area contributed by atoms with Crippen molar-refractivity contribution in [3.05, 3.63) is 0 Å². The third kappa shape index (κ3) is 2.71. The number of rotatable bonds is 3. The quantitative estimate of drug-likeness (QED) is 0.726. The van der Waals surface area contributed by atoms with Crippen LogP contribution in [-0.4, -0.2) is 18.1 Å². The van der Waals surface area contributed by atoms with Gasteiger partial charge in [0.2, 0.25) is 0 Å². The maximum atomic E-state index is 6.35. The highest BCUT2D eigenvalue weighted by atomic mass is 14.9. The van der Waals surface area contributed by atoms with Crippen molar-refractivity contribution in [1.29, 1.82) is 0 Å². The molecule has 0 aromatic heterocycles. The topological polar surface area (TPSA) is 38.0 Å². The molecule has 1 unspecified atom stereocenters. The van der Waals surface area contributed by atoms with Crippen LogP contribution in [0.5, 0.6) is 0 Å². The summed E-state index contributed by atoms with van der Waals surface area (Å²) in [5.41, 5.74) is 6.56. The standard InChI is InChI=1S/C12H24N2/c13-12(7-2-3-8-12)9-6-11-5-1-4-10-14-11/h11,14H,1-10,13H2. The third-order valence-electron chi connectivity index (χ3n) is 4.00. The number of nitrogens with one attached hydrogen (secondary N) is 1. The van der Waals surface area contributed by atoms with Crippen LogP contribution in [0.1, 0.15) is 57.8 Å². The minimum absolute atomic E-state index is 0.207. The van der Waals surface area contributed by atoms with Crippen molar-refractivity contribution in [2.75, 3.05) is 6.54 Å². The molecule has 1 heterocycles. The lowest BCUT2D eigenvalue weighted by Crippen LogP contribution is -2.40. The first-order valence-electron chi connectivity index (χ1n) is 6.31. The van der Waals surface area contributed by atoms with E-state index in [0.717, 1.165) is 6.04 Å². The van der Waals surface area contributed by atoms with E-state index in [-0.39, 0.29) is 5.54 Å². The van der Waals surface area contributed by atoms with Crippen molar-refractivity contribution in [3.63, 3.8) is 0 Å². The zero-order valence-corrected chi connectivity index (χ0v) is 9.23. The lowest BCUT2D eigenvalue weighted by molar-refractivity contribution is 0.320. The van der Waals surface area contributed by atoms with Gasteiger partial charge in [-0.1, -0.05) is 19.3 Å². The van der Waals surface area contributed by atoms with Gasteiger partial charge in [0.15, 0.2) is 0 Å². The van der Waals surface area contributed by atoms with Crippen LogP contribution in [0.2, 0.25) is 0 Å². The van der Waals surface area contributed by atoms with E-state index in [1.807, 2.05) is 0 Å². The molecule has 0 bridgehead atoms. The summed E-state index contributed by atoms with van der Waals surface area (Å²) in [6.45, 7) is 1.22. The Hall–Kier alpha value is -0.0800. The summed E-state index contributed by atoms with van der Waals surface area (Å²) < 4.78 is 0. The molecule has 3 N–H and O–H groups in total. The maximum Gasteiger partial charge on any atom is 0.0154 e. The molecular weight excluding hydrogens is 172 g/mol. The van der Waals surface area contributed by atoms with Gasteiger partial charge in [-0.15, -0.1) is 0 Å². The molecule has 2 fully saturated rings. The highest BCUT2D eigenvalue weighted by Gasteiger charge is 2.29. The summed E-state index contributed by atoms with van der Waals surface area (Å²) in [5, 5.41) is 3.60. The van der Waals surface area contributed by atoms with Crippen molar-refractivity contribution in [3.8, 4) is 0 Å². The van der Waals surface area contributed by atoms with E-state index >= 15 is 0 Å². The highest BCUT2D eigenvalue weighted by Crippen LogP contribution is 2.32. The molecule has 0 radical (unpaired) electrons. The fourth-order valence-electron chi connectivity index (χ4n) is 2.96. The Morgan fingerprint density at radius 3 is 2.57 bits per heavy atom. The summed E-state index contributed by atoms with van der Waals surface area (Å²) in [4.78, 5) is 0. The summed E-state index contributed by atoms with van der Waals surface area (Å²) >= 11 is 0. The molecule has 2 heteroatoms. The van der Waals surface area contributed by atoms with Gasteiger partial charge in [-0.3, -0.25) is 0 Å². The van der Waals surface area contributed by atoms with Gasteiger partial charge in [-0.05, 0) is 45.1 Å². The predicted molar refractivity (Wildman–Crippen MR) is 60.3 cm³/mol. The first-order chi connectivity index (χ1) is 6.79. The monoisotopic (exact) mass is 196 g/mol. The van der Waals surface area contributed by atoms with E-state index in [1.54, 1.807) is 0 Å². The molecule has 2 aliphatic rings. The van der Waals surface area contributed by atoms with Crippen molar-refractivity contribution in [1.82, 2.24) is 5.32 Å². The summed E-state index contributed by atoms with van der Waals surface area (Å²) in [5.74, 6) is 0. The second-order valence-electron chi connectivity index (χ2n) is 5.25. The minimum atomic E-state index is 0.207. The van der Waals surface area contributed by atoms with Crippen LogP contribution in [0.3, 0.4) is 0 Å². The number of piperidine rings is 1. The molecular formula is C12H24N2. The van der Waals surface area contributed by atoms with Crippen LogP contribution in [0, 0.1) is 0 Å². The van der Waals surface area contributed by atoms with Crippen LogP contribution in [0.15, 0.2) is 0 Å². The average molecular weight is 196 g/mol. The Balaban J connectivity index is 1.70. The Labute approximate surface area is 87.6 Å². The molecule has 14 heavy (non-hydrogen) atoms. The van der Waals surface area contributed by atoms with Gasteiger partial charge in [-0.25, -0.2) is 0 Å². The van der Waals surface area contributed by atoms with Gasteiger partial charge >= 0.3 is 0 Å². The van der Waals surface area contributed by atoms with Gasteiger partial charge in [0.05, 0.1) is 0 Å². The van der Waals surface area contributed by atoms with E-state index in [2.05, 4.69) is 5.32 Å². The number of hydrogen-bond acceptors (Lipinski definition) is 2. The van der Waals surface area contributed by atoms with E-state index in [9.17, 15) is 0 Å². The van der Waals surface area contributed by atoms with Gasteiger partial charge < -0.3 is 11.1 Å². The highest BCUT2D eigenvalue weighted by molar-refractivity contribution is 4.90. The Morgan fingerprint density at radius 2 is 1.93 bits per heavy atom. The normalized spacial score (nSPS) is 31.9. The molecule has 0 aromatic rings. The Kier molecular flexibility index (Phi) is 3.45. The van der Waals surface area contributed by atoms with Crippen LogP contribution in [0.4, 0.5) is 0 Å². The fourth-order valence-corrected chi connectivity index (χ4v) is 2.96. The minimum Gasteiger partial charge on any atom is -0.325 e. The lowest BCUT2D eigenvalue weighted by Gasteiger charge is -2.29. The zero-order chi connectivity index (χ0) is 9.86. The van der Waals surface area contributed by atoms with Crippen LogP contribution >= 0.6 is 0 Å². The smallest absolute Gasteiger partial charge is 0.0154 e. The SMILES string of the molecule is NC1(CCC2CCCCN2)CCCC1. The molecule has 1 aliphatic carbocycles. The summed E-state index contributed by atoms with van der Waals surface area (Å²) in [7, 11) is 0. The van der Waals surface area contributed by atoms with Crippen LogP contribution in [0.25, 0.3) is 0 Å². The van der Waals surface area contributed by atoms with E-state index in [4.69, 9.17) is 5.73 Å². The van der Waals surface area contributed by atoms with Crippen molar-refractivity contribution in [2.24, 2.45) is 5.73 Å². The lowest BCUT2D eigenvalue weighted by atomic mass is 9.89. The fraction of sp³-hybridized carbons (Fsp3) is 1.00. The molecule has 2 rings (SSSR count). The Morgan fingerprint density at radius 1 is 1.14 bits per heavy atom. The van der Waals surface area contributed by atoms with Crippen molar-refractivity contribution >= 4 is 0 Å². The number of hydrogen-bond donors (Lipinski definition) is 2. The summed E-state index contributed by atoms with van der Waals surface area (Å²) in [6.07, 6.45) is 11.9. The maximum absolute atomic E-state index is 6.35. The van der Waals surface area contributed by atoms with Crippen molar-refractivity contribution < 1.29 is 0 Å². The molecule has 0 amide bonds. The van der Waals surface area contributed by atoms with E-state index < -0.39 is 0 Å². The van der Waals surface area contributed by atoms with Gasteiger partial charge in [-0.2, -0.15) is 0 Å². The Bertz CT molecular complexity index is 167. The second-order valence-corrected chi connectivity index (χ2v) is 5.25. The van der Waals surface area contributed by atoms with Crippen molar-refractivity contribution in [2.45, 2.75) is 69.4 Å². The van der Waals surface area contributed by atoms with Gasteiger partial charge in [0.1, 0.15) is 0 Å². The first kappa shape index (κ1) is 10.4. The van der Waals surface area contributed by atoms with Gasteiger partial charge in [0.25, 0.3) is 0 Å². The molecule has 1 atom stereocenters. The van der Waals surface area contributed by atoms with Gasteiger partial charge in [0, 0.05) is 11.6 Å².